The van der Waals surface area contributed by atoms with Gasteiger partial charge in [-0.1, -0.05) is 30.3 Å². The van der Waals surface area contributed by atoms with Crippen LogP contribution in [0.15, 0.2) is 47.3 Å². The topological polar surface area (TPSA) is 130 Å². The minimum atomic E-state index is -0.481. The van der Waals surface area contributed by atoms with Crippen molar-refractivity contribution in [2.75, 3.05) is 59.9 Å². The van der Waals surface area contributed by atoms with E-state index in [2.05, 4.69) is 15.3 Å². The van der Waals surface area contributed by atoms with Gasteiger partial charge in [-0.15, -0.1) is 0 Å². The predicted molar refractivity (Wildman–Crippen MR) is 136 cm³/mol. The van der Waals surface area contributed by atoms with Crippen molar-refractivity contribution in [2.45, 2.75) is 13.5 Å². The van der Waals surface area contributed by atoms with Crippen LogP contribution in [-0.2, 0) is 25.6 Å². The highest BCUT2D eigenvalue weighted by Crippen LogP contribution is 2.30. The monoisotopic (exact) mass is 515 g/mol. The summed E-state index contributed by atoms with van der Waals surface area (Å²) in [6.07, 6.45) is -0.481. The number of amides is 1. The molecule has 0 saturated heterocycles. The van der Waals surface area contributed by atoms with E-state index < -0.39 is 6.09 Å². The molecule has 1 heterocycles. The smallest absolute Gasteiger partial charge is 0.407 e. The van der Waals surface area contributed by atoms with Gasteiger partial charge in [0.05, 0.1) is 57.7 Å². The molecule has 0 aliphatic carbocycles. The minimum absolute atomic E-state index is 0.225. The van der Waals surface area contributed by atoms with Gasteiger partial charge in [0.2, 0.25) is 0 Å². The summed E-state index contributed by atoms with van der Waals surface area (Å²) in [4.78, 5) is 30.7. The molecule has 2 aromatic carbocycles. The average Bonchev–Trinajstić information content (AvgIpc) is 2.90. The molecule has 3 rings (SSSR count). The summed E-state index contributed by atoms with van der Waals surface area (Å²) in [7, 11) is 1.51. The third-order valence-corrected chi connectivity index (χ3v) is 5.07. The van der Waals surface area contributed by atoms with E-state index in [4.69, 9.17) is 28.4 Å². The molecule has 0 aliphatic heterocycles. The standard InChI is InChI=1S/C26H33N3O8/c1-19-28-22-17-24(23(32-2)16-21(22)25(30)29-19)36-15-14-35-13-12-34-11-10-33-9-8-27-26(31)37-18-20-6-4-3-5-7-20/h3-7,16-17H,8-15,18H2,1-2H3,(H,27,31)(H,28,29,30). The first-order valence-electron chi connectivity index (χ1n) is 12.0. The van der Waals surface area contributed by atoms with Gasteiger partial charge in [-0.3, -0.25) is 4.79 Å². The predicted octanol–water partition coefficient (Wildman–Crippen LogP) is 2.60. The number of aromatic nitrogens is 2. The van der Waals surface area contributed by atoms with E-state index in [0.29, 0.717) is 81.0 Å². The second-order valence-corrected chi connectivity index (χ2v) is 7.85. The summed E-state index contributed by atoms with van der Waals surface area (Å²) in [6, 6.07) is 12.8. The second kappa shape index (κ2) is 15.4. The minimum Gasteiger partial charge on any atom is -0.493 e. The van der Waals surface area contributed by atoms with Gasteiger partial charge in [-0.25, -0.2) is 9.78 Å². The quantitative estimate of drug-likeness (QED) is 0.276. The van der Waals surface area contributed by atoms with Crippen molar-refractivity contribution >= 4 is 17.0 Å². The van der Waals surface area contributed by atoms with Gasteiger partial charge in [-0.05, 0) is 18.6 Å². The molecule has 0 aliphatic rings. The summed E-state index contributed by atoms with van der Waals surface area (Å²) in [5.74, 6) is 1.47. The summed E-state index contributed by atoms with van der Waals surface area (Å²) in [6.45, 7) is 4.96. The molecular weight excluding hydrogens is 482 g/mol. The van der Waals surface area contributed by atoms with Crippen molar-refractivity contribution in [1.82, 2.24) is 15.3 Å². The number of aryl methyl sites for hydroxylation is 1. The Labute approximate surface area is 215 Å². The van der Waals surface area contributed by atoms with Gasteiger partial charge >= 0.3 is 6.09 Å². The average molecular weight is 516 g/mol. The number of rotatable bonds is 16. The van der Waals surface area contributed by atoms with Crippen molar-refractivity contribution in [2.24, 2.45) is 0 Å². The van der Waals surface area contributed by atoms with Gasteiger partial charge in [-0.2, -0.15) is 0 Å². The maximum Gasteiger partial charge on any atom is 0.407 e. The second-order valence-electron chi connectivity index (χ2n) is 7.85. The highest BCUT2D eigenvalue weighted by molar-refractivity contribution is 5.81. The van der Waals surface area contributed by atoms with E-state index >= 15 is 0 Å². The number of methoxy groups -OCH3 is 1. The van der Waals surface area contributed by atoms with Crippen molar-refractivity contribution in [1.29, 1.82) is 0 Å². The molecule has 2 N–H and O–H groups in total. The zero-order chi connectivity index (χ0) is 26.3. The number of alkyl carbamates (subject to hydrolysis) is 1. The molecule has 11 nitrogen and oxygen atoms in total. The Morgan fingerprint density at radius 2 is 1.59 bits per heavy atom. The lowest BCUT2D eigenvalue weighted by molar-refractivity contribution is 0.00966. The van der Waals surface area contributed by atoms with Crippen LogP contribution in [0.3, 0.4) is 0 Å². The number of carbonyl (C=O) groups is 1. The van der Waals surface area contributed by atoms with Crippen LogP contribution in [0.2, 0.25) is 0 Å². The summed E-state index contributed by atoms with van der Waals surface area (Å²) >= 11 is 0. The van der Waals surface area contributed by atoms with Crippen LogP contribution in [0.5, 0.6) is 11.5 Å². The van der Waals surface area contributed by atoms with E-state index in [-0.39, 0.29) is 12.2 Å². The molecule has 0 spiro atoms. The molecule has 0 unspecified atom stereocenters. The number of hydrogen-bond acceptors (Lipinski definition) is 9. The van der Waals surface area contributed by atoms with Crippen molar-refractivity contribution < 1.29 is 33.2 Å². The number of ether oxygens (including phenoxy) is 6. The number of fused-ring (bicyclic) bond motifs is 1. The largest absolute Gasteiger partial charge is 0.493 e. The first-order valence-corrected chi connectivity index (χ1v) is 12.0. The molecule has 0 radical (unpaired) electrons. The van der Waals surface area contributed by atoms with E-state index in [1.807, 2.05) is 30.3 Å². The molecule has 37 heavy (non-hydrogen) atoms. The number of nitrogens with zero attached hydrogens (tertiary/aromatic N) is 1. The molecule has 1 amide bonds. The summed E-state index contributed by atoms with van der Waals surface area (Å²) < 4.78 is 32.6. The molecule has 200 valence electrons. The Morgan fingerprint density at radius 1 is 0.919 bits per heavy atom. The van der Waals surface area contributed by atoms with E-state index in [9.17, 15) is 9.59 Å². The molecular formula is C26H33N3O8. The van der Waals surface area contributed by atoms with Gasteiger partial charge in [0.1, 0.15) is 19.0 Å². The lowest BCUT2D eigenvalue weighted by Crippen LogP contribution is -2.28. The number of carbonyl (C=O) groups excluding carboxylic acids is 1. The lowest BCUT2D eigenvalue weighted by atomic mass is 10.2. The fourth-order valence-corrected chi connectivity index (χ4v) is 3.29. The number of H-pyrrole nitrogens is 1. The molecule has 0 fully saturated rings. The Hall–Kier alpha value is -3.67. The van der Waals surface area contributed by atoms with Gasteiger partial charge in [0.25, 0.3) is 5.56 Å². The maximum absolute atomic E-state index is 12.1. The van der Waals surface area contributed by atoms with Crippen LogP contribution < -0.4 is 20.3 Å². The van der Waals surface area contributed by atoms with Crippen LogP contribution in [-0.4, -0.2) is 76.0 Å². The molecule has 11 heteroatoms. The first kappa shape index (κ1) is 27.9. The highest BCUT2D eigenvalue weighted by atomic mass is 16.6. The third kappa shape index (κ3) is 9.71. The number of hydrogen-bond donors (Lipinski definition) is 2. The Balaban J connectivity index is 1.17. The third-order valence-electron chi connectivity index (χ3n) is 5.07. The molecule has 3 aromatic rings. The van der Waals surface area contributed by atoms with Gasteiger partial charge in [0.15, 0.2) is 11.5 Å². The zero-order valence-corrected chi connectivity index (χ0v) is 21.1. The Morgan fingerprint density at radius 3 is 2.30 bits per heavy atom. The number of nitrogens with one attached hydrogen (secondary N) is 2. The van der Waals surface area contributed by atoms with E-state index in [1.165, 1.54) is 7.11 Å². The molecule has 0 atom stereocenters. The van der Waals surface area contributed by atoms with Crippen LogP contribution in [0.25, 0.3) is 10.9 Å². The van der Waals surface area contributed by atoms with E-state index in [1.54, 1.807) is 19.1 Å². The van der Waals surface area contributed by atoms with Crippen LogP contribution in [0.4, 0.5) is 4.79 Å². The maximum atomic E-state index is 12.1. The van der Waals surface area contributed by atoms with Crippen molar-refractivity contribution in [3.63, 3.8) is 0 Å². The summed E-state index contributed by atoms with van der Waals surface area (Å²) in [5, 5.41) is 3.07. The van der Waals surface area contributed by atoms with Crippen LogP contribution in [0.1, 0.15) is 11.4 Å². The lowest BCUT2D eigenvalue weighted by Gasteiger charge is -2.12. The highest BCUT2D eigenvalue weighted by Gasteiger charge is 2.11. The SMILES string of the molecule is COc1cc2c(=O)[nH]c(C)nc2cc1OCCOCCOCCOCCNC(=O)OCc1ccccc1. The van der Waals surface area contributed by atoms with Crippen LogP contribution in [0, 0.1) is 6.92 Å². The van der Waals surface area contributed by atoms with Gasteiger partial charge in [0, 0.05) is 12.6 Å². The zero-order valence-electron chi connectivity index (χ0n) is 21.1. The van der Waals surface area contributed by atoms with Crippen molar-refractivity contribution in [3.05, 3.63) is 64.2 Å². The fraction of sp³-hybridized carbons (Fsp3) is 0.423. The van der Waals surface area contributed by atoms with E-state index in [0.717, 1.165) is 5.56 Å². The van der Waals surface area contributed by atoms with Crippen LogP contribution >= 0.6 is 0 Å². The molecule has 1 aromatic heterocycles. The fourth-order valence-electron chi connectivity index (χ4n) is 3.29. The Bertz CT molecular complexity index is 1170. The molecule has 0 saturated carbocycles. The van der Waals surface area contributed by atoms with Gasteiger partial charge < -0.3 is 38.7 Å². The Kier molecular flexibility index (Phi) is 11.6. The number of aromatic amines is 1. The first-order chi connectivity index (χ1) is 18.1. The summed E-state index contributed by atoms with van der Waals surface area (Å²) in [5.41, 5.74) is 1.24. The molecule has 0 bridgehead atoms. The number of benzene rings is 2. The normalized spacial score (nSPS) is 10.9. The van der Waals surface area contributed by atoms with Crippen molar-refractivity contribution in [3.8, 4) is 11.5 Å².